The number of carbonyl (C=O) groups excluding carboxylic acids is 2. The number of carbonyl (C=O) groups is 2. The van der Waals surface area contributed by atoms with Crippen LogP contribution in [0.1, 0.15) is 23.2 Å². The maximum absolute atomic E-state index is 12.7. The normalized spacial score (nSPS) is 15.1. The number of allylic oxidation sites excluding steroid dienone is 1. The first-order valence-corrected chi connectivity index (χ1v) is 7.72. The summed E-state index contributed by atoms with van der Waals surface area (Å²) in [5, 5.41) is 0. The van der Waals surface area contributed by atoms with Gasteiger partial charge in [-0.2, -0.15) is 0 Å². The third kappa shape index (κ3) is 3.28. The Labute approximate surface area is 123 Å². The molecule has 1 saturated carbocycles. The van der Waals surface area contributed by atoms with Gasteiger partial charge in [-0.25, -0.2) is 0 Å². The molecular formula is C15H18N2O2S. The highest BCUT2D eigenvalue weighted by atomic mass is 32.2. The van der Waals surface area contributed by atoms with Gasteiger partial charge in [0, 0.05) is 49.1 Å². The van der Waals surface area contributed by atoms with Gasteiger partial charge in [-0.3, -0.25) is 14.6 Å². The van der Waals surface area contributed by atoms with E-state index in [-0.39, 0.29) is 23.1 Å². The fourth-order valence-corrected chi connectivity index (χ4v) is 2.48. The number of nitrogens with zero attached hydrogens (tertiary/aromatic N) is 2. The lowest BCUT2D eigenvalue weighted by atomic mass is 9.99. The molecule has 2 rings (SSSR count). The van der Waals surface area contributed by atoms with Crippen molar-refractivity contribution in [2.45, 2.75) is 17.7 Å². The Bertz CT molecular complexity index is 563. The van der Waals surface area contributed by atoms with Crippen molar-refractivity contribution in [1.82, 2.24) is 9.88 Å². The molecule has 0 N–H and O–H groups in total. The Morgan fingerprint density at radius 3 is 2.65 bits per heavy atom. The van der Waals surface area contributed by atoms with Gasteiger partial charge in [-0.05, 0) is 25.2 Å². The van der Waals surface area contributed by atoms with Crippen LogP contribution < -0.4 is 0 Å². The zero-order valence-corrected chi connectivity index (χ0v) is 12.7. The van der Waals surface area contributed by atoms with Crippen LogP contribution in [0.5, 0.6) is 0 Å². The van der Waals surface area contributed by atoms with Crippen molar-refractivity contribution >= 4 is 23.3 Å². The standard InChI is InChI=1S/C15H18N2O2S/c1-17(2)9-12(14(18)10-4-5-10)15(19)11-6-7-16-8-13(11)20-3/h6-10H,4-5H2,1-3H3/b12-9+. The average Bonchev–Trinajstić information content (AvgIpc) is 3.27. The van der Waals surface area contributed by atoms with Crippen LogP contribution in [0.15, 0.2) is 35.1 Å². The van der Waals surface area contributed by atoms with Crippen molar-refractivity contribution in [1.29, 1.82) is 0 Å². The summed E-state index contributed by atoms with van der Waals surface area (Å²) in [5.74, 6) is -0.209. The van der Waals surface area contributed by atoms with Crippen LogP contribution in [0.3, 0.4) is 0 Å². The molecule has 0 amide bonds. The molecule has 0 aromatic carbocycles. The average molecular weight is 290 g/mol. The number of ketones is 2. The SMILES string of the molecule is CSc1cnccc1C(=O)/C(=C/N(C)C)C(=O)C1CC1. The second-order valence-corrected chi connectivity index (χ2v) is 5.90. The molecule has 1 fully saturated rings. The quantitative estimate of drug-likeness (QED) is 0.265. The van der Waals surface area contributed by atoms with Crippen molar-refractivity contribution < 1.29 is 9.59 Å². The topological polar surface area (TPSA) is 50.3 Å². The van der Waals surface area contributed by atoms with Crippen molar-refractivity contribution in [3.05, 3.63) is 35.8 Å². The van der Waals surface area contributed by atoms with E-state index in [0.717, 1.165) is 17.7 Å². The minimum absolute atomic E-state index is 0.0321. The zero-order valence-electron chi connectivity index (χ0n) is 11.9. The molecule has 0 radical (unpaired) electrons. The highest BCUT2D eigenvalue weighted by molar-refractivity contribution is 7.98. The predicted molar refractivity (Wildman–Crippen MR) is 79.8 cm³/mol. The Balaban J connectivity index is 2.38. The molecule has 0 spiro atoms. The first-order valence-electron chi connectivity index (χ1n) is 6.49. The third-order valence-corrected chi connectivity index (χ3v) is 3.86. The largest absolute Gasteiger partial charge is 0.383 e. The van der Waals surface area contributed by atoms with Crippen molar-refractivity contribution in [3.8, 4) is 0 Å². The predicted octanol–water partition coefficient (Wildman–Crippen LogP) is 2.41. The van der Waals surface area contributed by atoms with E-state index in [4.69, 9.17) is 0 Å². The summed E-state index contributed by atoms with van der Waals surface area (Å²) in [7, 11) is 3.63. The monoisotopic (exact) mass is 290 g/mol. The number of hydrogen-bond acceptors (Lipinski definition) is 5. The van der Waals surface area contributed by atoms with Gasteiger partial charge in [-0.1, -0.05) is 0 Å². The molecule has 0 aliphatic heterocycles. The van der Waals surface area contributed by atoms with Gasteiger partial charge in [0.2, 0.25) is 0 Å². The van der Waals surface area contributed by atoms with E-state index in [1.165, 1.54) is 11.8 Å². The number of hydrogen-bond donors (Lipinski definition) is 0. The lowest BCUT2D eigenvalue weighted by Crippen LogP contribution is -2.19. The van der Waals surface area contributed by atoms with E-state index in [1.54, 1.807) is 29.6 Å². The minimum Gasteiger partial charge on any atom is -0.383 e. The van der Waals surface area contributed by atoms with Crippen LogP contribution in [0.4, 0.5) is 0 Å². The number of aromatic nitrogens is 1. The third-order valence-electron chi connectivity index (χ3n) is 3.09. The molecule has 1 aromatic rings. The number of pyridine rings is 1. The number of thioether (sulfide) groups is 1. The zero-order chi connectivity index (χ0) is 14.7. The summed E-state index contributed by atoms with van der Waals surface area (Å²) >= 11 is 1.46. The molecule has 0 bridgehead atoms. The second-order valence-electron chi connectivity index (χ2n) is 5.05. The summed E-state index contributed by atoms with van der Waals surface area (Å²) in [4.78, 5) is 31.6. The van der Waals surface area contributed by atoms with Crippen LogP contribution in [-0.2, 0) is 4.79 Å². The van der Waals surface area contributed by atoms with E-state index >= 15 is 0 Å². The molecule has 0 unspecified atom stereocenters. The Kier molecular flexibility index (Phi) is 4.60. The summed E-state index contributed by atoms with van der Waals surface area (Å²) < 4.78 is 0. The van der Waals surface area contributed by atoms with Gasteiger partial charge < -0.3 is 4.90 Å². The van der Waals surface area contributed by atoms with Crippen molar-refractivity contribution in [3.63, 3.8) is 0 Å². The summed E-state index contributed by atoms with van der Waals surface area (Å²) in [5.41, 5.74) is 0.827. The maximum Gasteiger partial charge on any atom is 0.199 e. The van der Waals surface area contributed by atoms with Crippen LogP contribution in [0.2, 0.25) is 0 Å². The lowest BCUT2D eigenvalue weighted by molar-refractivity contribution is -0.116. The highest BCUT2D eigenvalue weighted by Crippen LogP contribution is 2.34. The Hall–Kier alpha value is -1.62. The Morgan fingerprint density at radius 2 is 2.10 bits per heavy atom. The molecule has 4 nitrogen and oxygen atoms in total. The second kappa shape index (κ2) is 6.22. The van der Waals surface area contributed by atoms with E-state index in [1.807, 2.05) is 20.4 Å². The molecule has 0 saturated heterocycles. The molecule has 1 aliphatic rings. The first kappa shape index (κ1) is 14.8. The van der Waals surface area contributed by atoms with Gasteiger partial charge in [0.05, 0.1) is 5.57 Å². The fraction of sp³-hybridized carbons (Fsp3) is 0.400. The van der Waals surface area contributed by atoms with E-state index in [0.29, 0.717) is 5.56 Å². The number of Topliss-reactive ketones (excluding diaryl/α,β-unsaturated/α-hetero) is 2. The van der Waals surface area contributed by atoms with Gasteiger partial charge in [-0.15, -0.1) is 11.8 Å². The van der Waals surface area contributed by atoms with Crippen molar-refractivity contribution in [2.75, 3.05) is 20.4 Å². The lowest BCUT2D eigenvalue weighted by Gasteiger charge is -2.12. The summed E-state index contributed by atoms with van der Waals surface area (Å²) in [6, 6.07) is 1.68. The summed E-state index contributed by atoms with van der Waals surface area (Å²) in [6.07, 6.45) is 8.55. The highest BCUT2D eigenvalue weighted by Gasteiger charge is 2.35. The molecule has 106 valence electrons. The molecule has 1 aliphatic carbocycles. The van der Waals surface area contributed by atoms with Crippen LogP contribution in [0, 0.1) is 5.92 Å². The molecular weight excluding hydrogens is 272 g/mol. The molecule has 20 heavy (non-hydrogen) atoms. The first-order chi connectivity index (χ1) is 9.54. The fourth-order valence-electron chi connectivity index (χ4n) is 1.93. The van der Waals surface area contributed by atoms with Crippen LogP contribution >= 0.6 is 11.8 Å². The minimum atomic E-state index is -0.206. The number of rotatable bonds is 6. The van der Waals surface area contributed by atoms with E-state index in [2.05, 4.69) is 4.98 Å². The summed E-state index contributed by atoms with van der Waals surface area (Å²) in [6.45, 7) is 0. The van der Waals surface area contributed by atoms with Crippen LogP contribution in [0.25, 0.3) is 0 Å². The molecule has 1 heterocycles. The van der Waals surface area contributed by atoms with Gasteiger partial charge in [0.25, 0.3) is 0 Å². The Morgan fingerprint density at radius 1 is 1.40 bits per heavy atom. The van der Waals surface area contributed by atoms with Gasteiger partial charge >= 0.3 is 0 Å². The van der Waals surface area contributed by atoms with Crippen LogP contribution in [-0.4, -0.2) is 41.8 Å². The van der Waals surface area contributed by atoms with Crippen molar-refractivity contribution in [2.24, 2.45) is 5.92 Å². The molecule has 0 atom stereocenters. The molecule has 5 heteroatoms. The van der Waals surface area contributed by atoms with E-state index in [9.17, 15) is 9.59 Å². The molecule has 1 aromatic heterocycles. The van der Waals surface area contributed by atoms with Gasteiger partial charge in [0.15, 0.2) is 11.6 Å². The maximum atomic E-state index is 12.7. The van der Waals surface area contributed by atoms with Gasteiger partial charge in [0.1, 0.15) is 0 Å². The smallest absolute Gasteiger partial charge is 0.199 e. The van der Waals surface area contributed by atoms with E-state index < -0.39 is 0 Å².